The molecule has 8 nitrogen and oxygen atoms in total. The maximum atomic E-state index is 13.1. The molecule has 35 heavy (non-hydrogen) atoms. The number of nitrogens with one attached hydrogen (secondary N) is 1. The van der Waals surface area contributed by atoms with Crippen molar-refractivity contribution in [2.75, 3.05) is 26.3 Å². The smallest absolute Gasteiger partial charge is 0.247 e. The molecule has 0 bridgehead atoms. The van der Waals surface area contributed by atoms with Crippen LogP contribution >= 0.6 is 22.6 Å². The van der Waals surface area contributed by atoms with Gasteiger partial charge in [0.1, 0.15) is 18.0 Å². The van der Waals surface area contributed by atoms with Gasteiger partial charge in [-0.05, 0) is 73.6 Å². The zero-order valence-corrected chi connectivity index (χ0v) is 22.8. The molecule has 1 aliphatic carbocycles. The van der Waals surface area contributed by atoms with Crippen LogP contribution in [-0.4, -0.2) is 77.6 Å². The molecule has 0 radical (unpaired) electrons. The summed E-state index contributed by atoms with van der Waals surface area (Å²) >= 11 is 2.15. The van der Waals surface area contributed by atoms with Gasteiger partial charge in [-0.2, -0.15) is 0 Å². The van der Waals surface area contributed by atoms with Crippen LogP contribution in [-0.2, 0) is 14.3 Å². The molecule has 0 heterocycles. The zero-order valence-electron chi connectivity index (χ0n) is 20.7. The molecular weight excluding hydrogens is 563 g/mol. The SMILES string of the molecule is CCC=CC(=O)N(CCCOC(C)C)C1CC(C(=O)NCCO)=CC(Oc2ccccc2I)C1O. The number of amides is 2. The highest BCUT2D eigenvalue weighted by Crippen LogP contribution is 2.30. The summed E-state index contributed by atoms with van der Waals surface area (Å²) in [5.41, 5.74) is 0.403. The van der Waals surface area contributed by atoms with Gasteiger partial charge in [0.2, 0.25) is 11.8 Å². The lowest BCUT2D eigenvalue weighted by Gasteiger charge is -2.40. The maximum Gasteiger partial charge on any atom is 0.247 e. The number of halogens is 1. The Kier molecular flexibility index (Phi) is 12.7. The molecule has 3 unspecified atom stereocenters. The fraction of sp³-hybridized carbons (Fsp3) is 0.538. The normalized spacial score (nSPS) is 20.1. The molecule has 2 rings (SSSR count). The van der Waals surface area contributed by atoms with Crippen molar-refractivity contribution in [2.24, 2.45) is 0 Å². The van der Waals surface area contributed by atoms with Crippen LogP contribution in [0.4, 0.5) is 0 Å². The lowest BCUT2D eigenvalue weighted by atomic mass is 9.88. The van der Waals surface area contributed by atoms with Gasteiger partial charge in [0, 0.05) is 31.7 Å². The number of allylic oxidation sites excluding steroid dienone is 1. The molecule has 1 aromatic carbocycles. The average molecular weight is 600 g/mol. The number of rotatable bonds is 13. The van der Waals surface area contributed by atoms with Crippen LogP contribution in [0.25, 0.3) is 0 Å². The number of carbonyl (C=O) groups is 2. The van der Waals surface area contributed by atoms with E-state index in [1.807, 2.05) is 39.0 Å². The maximum absolute atomic E-state index is 13.1. The Balaban J connectivity index is 2.35. The summed E-state index contributed by atoms with van der Waals surface area (Å²) in [6.45, 7) is 6.61. The highest BCUT2D eigenvalue weighted by Gasteiger charge is 2.40. The van der Waals surface area contributed by atoms with Crippen molar-refractivity contribution in [1.82, 2.24) is 10.2 Å². The van der Waals surface area contributed by atoms with Crippen LogP contribution in [0.5, 0.6) is 5.75 Å². The molecule has 1 aromatic rings. The predicted octanol–water partition coefficient (Wildman–Crippen LogP) is 2.82. The number of hydrogen-bond donors (Lipinski definition) is 3. The third-order valence-corrected chi connectivity index (χ3v) is 6.38. The minimum absolute atomic E-state index is 0.0790. The summed E-state index contributed by atoms with van der Waals surface area (Å²) in [7, 11) is 0. The van der Waals surface area contributed by atoms with Gasteiger partial charge >= 0.3 is 0 Å². The largest absolute Gasteiger partial charge is 0.482 e. The van der Waals surface area contributed by atoms with E-state index in [2.05, 4.69) is 27.9 Å². The summed E-state index contributed by atoms with van der Waals surface area (Å²) in [5.74, 6) is -0.00397. The number of aliphatic hydroxyl groups is 2. The van der Waals surface area contributed by atoms with E-state index in [1.54, 1.807) is 23.1 Å². The Morgan fingerprint density at radius 1 is 1.31 bits per heavy atom. The number of benzene rings is 1. The topological polar surface area (TPSA) is 108 Å². The van der Waals surface area contributed by atoms with E-state index in [4.69, 9.17) is 14.6 Å². The molecule has 2 amide bonds. The van der Waals surface area contributed by atoms with Crippen molar-refractivity contribution in [3.8, 4) is 5.75 Å². The molecule has 1 aliphatic rings. The quantitative estimate of drug-likeness (QED) is 0.183. The first-order chi connectivity index (χ1) is 16.8. The van der Waals surface area contributed by atoms with Crippen molar-refractivity contribution < 1.29 is 29.3 Å². The van der Waals surface area contributed by atoms with Crippen molar-refractivity contribution in [3.05, 3.63) is 51.6 Å². The average Bonchev–Trinajstić information content (AvgIpc) is 2.83. The second-order valence-corrected chi connectivity index (χ2v) is 9.72. The molecular formula is C26H37IN2O6. The van der Waals surface area contributed by atoms with Crippen LogP contribution in [0, 0.1) is 3.57 Å². The first-order valence-electron chi connectivity index (χ1n) is 12.1. The van der Waals surface area contributed by atoms with E-state index in [0.717, 1.165) is 3.57 Å². The number of carbonyl (C=O) groups excluding carboxylic acids is 2. The van der Waals surface area contributed by atoms with E-state index >= 15 is 0 Å². The Morgan fingerprint density at radius 2 is 2.06 bits per heavy atom. The van der Waals surface area contributed by atoms with Crippen LogP contribution < -0.4 is 10.1 Å². The molecule has 0 spiro atoms. The van der Waals surface area contributed by atoms with Gasteiger partial charge in [-0.15, -0.1) is 0 Å². The van der Waals surface area contributed by atoms with Crippen LogP contribution in [0.15, 0.2) is 48.1 Å². The fourth-order valence-corrected chi connectivity index (χ4v) is 4.29. The number of aliphatic hydroxyl groups excluding tert-OH is 2. The first-order valence-corrected chi connectivity index (χ1v) is 13.1. The summed E-state index contributed by atoms with van der Waals surface area (Å²) in [5, 5.41) is 23.1. The van der Waals surface area contributed by atoms with E-state index in [1.165, 1.54) is 6.08 Å². The number of hydrogen-bond acceptors (Lipinski definition) is 6. The highest BCUT2D eigenvalue weighted by atomic mass is 127. The predicted molar refractivity (Wildman–Crippen MR) is 143 cm³/mol. The Bertz CT molecular complexity index is 888. The lowest BCUT2D eigenvalue weighted by molar-refractivity contribution is -0.133. The molecule has 0 fully saturated rings. The van der Waals surface area contributed by atoms with E-state index in [0.29, 0.717) is 37.3 Å². The lowest BCUT2D eigenvalue weighted by Crippen LogP contribution is -2.55. The van der Waals surface area contributed by atoms with Crippen molar-refractivity contribution in [2.45, 2.75) is 64.4 Å². The number of nitrogens with zero attached hydrogens (tertiary/aromatic N) is 1. The third kappa shape index (κ3) is 9.21. The van der Waals surface area contributed by atoms with Gasteiger partial charge in [-0.3, -0.25) is 9.59 Å². The van der Waals surface area contributed by atoms with E-state index in [9.17, 15) is 14.7 Å². The standard InChI is InChI=1S/C26H37IN2O6/c1-4-5-11-24(31)29(13-8-15-34-18(2)3)21-16-19(26(33)28-12-14-30)17-23(25(21)32)35-22-10-7-6-9-20(22)27/h5-7,9-11,17-18,21,23,25,30,32H,4,8,12-16H2,1-3H3,(H,28,33). The minimum Gasteiger partial charge on any atom is -0.482 e. The second kappa shape index (κ2) is 15.2. The highest BCUT2D eigenvalue weighted by molar-refractivity contribution is 14.1. The molecule has 0 aliphatic heterocycles. The fourth-order valence-electron chi connectivity index (χ4n) is 3.77. The molecule has 3 N–H and O–H groups in total. The Hall–Kier alpha value is -1.95. The van der Waals surface area contributed by atoms with Gasteiger partial charge < -0.3 is 29.9 Å². The van der Waals surface area contributed by atoms with Crippen LogP contribution in [0.3, 0.4) is 0 Å². The molecule has 3 atom stereocenters. The van der Waals surface area contributed by atoms with Gasteiger partial charge in [0.25, 0.3) is 0 Å². The van der Waals surface area contributed by atoms with Crippen molar-refractivity contribution in [1.29, 1.82) is 0 Å². The summed E-state index contributed by atoms with van der Waals surface area (Å²) in [6, 6.07) is 6.74. The van der Waals surface area contributed by atoms with Gasteiger partial charge in [0.05, 0.1) is 22.3 Å². The van der Waals surface area contributed by atoms with E-state index in [-0.39, 0.29) is 37.5 Å². The van der Waals surface area contributed by atoms with Gasteiger partial charge in [0.15, 0.2) is 0 Å². The molecule has 9 heteroatoms. The van der Waals surface area contributed by atoms with Crippen molar-refractivity contribution >= 4 is 34.4 Å². The minimum atomic E-state index is -1.05. The molecule has 0 saturated carbocycles. The molecule has 0 aromatic heterocycles. The van der Waals surface area contributed by atoms with Crippen molar-refractivity contribution in [3.63, 3.8) is 0 Å². The Morgan fingerprint density at radius 3 is 2.71 bits per heavy atom. The first kappa shape index (κ1) is 29.3. The van der Waals surface area contributed by atoms with Gasteiger partial charge in [-0.25, -0.2) is 0 Å². The molecule has 194 valence electrons. The number of para-hydroxylation sites is 1. The van der Waals surface area contributed by atoms with Crippen LogP contribution in [0.2, 0.25) is 0 Å². The summed E-state index contributed by atoms with van der Waals surface area (Å²) < 4.78 is 12.6. The second-order valence-electron chi connectivity index (χ2n) is 8.56. The monoisotopic (exact) mass is 600 g/mol. The van der Waals surface area contributed by atoms with E-state index < -0.39 is 18.2 Å². The van der Waals surface area contributed by atoms with Crippen LogP contribution in [0.1, 0.15) is 40.0 Å². The summed E-state index contributed by atoms with van der Waals surface area (Å²) in [6.07, 6.45) is 4.55. The Labute approximate surface area is 221 Å². The zero-order chi connectivity index (χ0) is 25.8. The molecule has 0 saturated heterocycles. The number of ether oxygens (including phenoxy) is 2. The third-order valence-electron chi connectivity index (χ3n) is 5.49. The van der Waals surface area contributed by atoms with Gasteiger partial charge in [-0.1, -0.05) is 25.1 Å². The summed E-state index contributed by atoms with van der Waals surface area (Å²) in [4.78, 5) is 27.6.